The lowest BCUT2D eigenvalue weighted by Crippen LogP contribution is -2.34. The van der Waals surface area contributed by atoms with Crippen LogP contribution in [0.4, 0.5) is 5.69 Å². The van der Waals surface area contributed by atoms with Gasteiger partial charge >= 0.3 is 5.97 Å². The van der Waals surface area contributed by atoms with Gasteiger partial charge in [0.2, 0.25) is 0 Å². The van der Waals surface area contributed by atoms with E-state index in [1.807, 2.05) is 13.8 Å². The van der Waals surface area contributed by atoms with Crippen molar-refractivity contribution in [3.63, 3.8) is 0 Å². The second-order valence-electron chi connectivity index (χ2n) is 8.57. The lowest BCUT2D eigenvalue weighted by molar-refractivity contribution is -0.146. The summed E-state index contributed by atoms with van der Waals surface area (Å²) in [5, 5.41) is 5.13. The van der Waals surface area contributed by atoms with E-state index in [4.69, 9.17) is 18.9 Å². The molecule has 0 aromatic heterocycles. The summed E-state index contributed by atoms with van der Waals surface area (Å²) in [6, 6.07) is 11.7. The first-order chi connectivity index (χ1) is 16.3. The Kier molecular flexibility index (Phi) is 6.90. The number of nitrogens with one attached hydrogen (secondary N) is 2. The second kappa shape index (κ2) is 10.0. The number of carbonyl (C=O) groups is 3. The topological polar surface area (TPSA) is 112 Å². The molecule has 1 fully saturated rings. The molecule has 2 aromatic rings. The molecule has 0 saturated heterocycles. The minimum atomic E-state index is -0.725. The molecule has 1 spiro atoms. The molecule has 2 aromatic carbocycles. The number of amides is 2. The van der Waals surface area contributed by atoms with E-state index in [0.717, 1.165) is 25.7 Å². The summed E-state index contributed by atoms with van der Waals surface area (Å²) in [5.41, 5.74) is 0.889. The van der Waals surface area contributed by atoms with Crippen LogP contribution in [0.5, 0.6) is 17.2 Å². The SMILES string of the molecule is CC(C)Oc1ccc(C(=O)NCC(=O)OCC(=O)Nc2ccc3c(c2)OC2(CCCC2)O3)cc1. The predicted molar refractivity (Wildman–Crippen MR) is 123 cm³/mol. The highest BCUT2D eigenvalue weighted by molar-refractivity contribution is 5.96. The molecule has 2 amide bonds. The zero-order valence-corrected chi connectivity index (χ0v) is 19.2. The van der Waals surface area contributed by atoms with Crippen LogP contribution in [0, 0.1) is 0 Å². The molecule has 2 N–H and O–H groups in total. The van der Waals surface area contributed by atoms with Gasteiger partial charge < -0.3 is 29.6 Å². The number of benzene rings is 2. The van der Waals surface area contributed by atoms with Crippen molar-refractivity contribution in [3.05, 3.63) is 48.0 Å². The maximum atomic E-state index is 12.2. The molecule has 34 heavy (non-hydrogen) atoms. The number of ether oxygens (including phenoxy) is 4. The molecule has 1 aliphatic heterocycles. The number of carbonyl (C=O) groups excluding carboxylic acids is 3. The first kappa shape index (κ1) is 23.4. The molecule has 1 aliphatic carbocycles. The molecule has 9 nitrogen and oxygen atoms in total. The number of rotatable bonds is 8. The fourth-order valence-corrected chi connectivity index (χ4v) is 3.90. The molecule has 180 valence electrons. The summed E-state index contributed by atoms with van der Waals surface area (Å²) in [4.78, 5) is 36.3. The van der Waals surface area contributed by atoms with Gasteiger partial charge in [-0.15, -0.1) is 0 Å². The minimum absolute atomic E-state index is 0.0284. The van der Waals surface area contributed by atoms with Crippen LogP contribution >= 0.6 is 0 Å². The Morgan fingerprint density at radius 3 is 2.41 bits per heavy atom. The Morgan fingerprint density at radius 2 is 1.71 bits per heavy atom. The van der Waals surface area contributed by atoms with Crippen molar-refractivity contribution >= 4 is 23.5 Å². The van der Waals surface area contributed by atoms with E-state index >= 15 is 0 Å². The number of anilines is 1. The van der Waals surface area contributed by atoms with Crippen molar-refractivity contribution in [2.45, 2.75) is 51.4 Å². The summed E-state index contributed by atoms with van der Waals surface area (Å²) in [6.07, 6.45) is 3.83. The zero-order valence-electron chi connectivity index (χ0n) is 19.2. The van der Waals surface area contributed by atoms with Crippen LogP contribution < -0.4 is 24.8 Å². The van der Waals surface area contributed by atoms with Gasteiger partial charge in [-0.25, -0.2) is 0 Å². The summed E-state index contributed by atoms with van der Waals surface area (Å²) in [5.74, 6) is -0.343. The van der Waals surface area contributed by atoms with Crippen LogP contribution in [0.1, 0.15) is 49.9 Å². The van der Waals surface area contributed by atoms with Gasteiger partial charge in [0.25, 0.3) is 17.6 Å². The van der Waals surface area contributed by atoms with Gasteiger partial charge in [-0.3, -0.25) is 14.4 Å². The van der Waals surface area contributed by atoms with Crippen molar-refractivity contribution in [3.8, 4) is 17.2 Å². The molecule has 2 aliphatic rings. The third-order valence-electron chi connectivity index (χ3n) is 5.43. The first-order valence-corrected chi connectivity index (χ1v) is 11.3. The first-order valence-electron chi connectivity index (χ1n) is 11.3. The Hall–Kier alpha value is -3.75. The lowest BCUT2D eigenvalue weighted by Gasteiger charge is -2.21. The minimum Gasteiger partial charge on any atom is -0.491 e. The summed E-state index contributed by atoms with van der Waals surface area (Å²) >= 11 is 0. The molecule has 0 bridgehead atoms. The molecule has 0 atom stereocenters. The number of fused-ring (bicyclic) bond motifs is 1. The predicted octanol–water partition coefficient (Wildman–Crippen LogP) is 3.43. The van der Waals surface area contributed by atoms with Crippen molar-refractivity contribution in [2.24, 2.45) is 0 Å². The van der Waals surface area contributed by atoms with Crippen molar-refractivity contribution in [2.75, 3.05) is 18.5 Å². The van der Waals surface area contributed by atoms with E-state index in [2.05, 4.69) is 10.6 Å². The number of hydrogen-bond donors (Lipinski definition) is 2. The lowest BCUT2D eigenvalue weighted by atomic mass is 10.2. The van der Waals surface area contributed by atoms with E-state index in [0.29, 0.717) is 28.5 Å². The van der Waals surface area contributed by atoms with E-state index in [1.54, 1.807) is 42.5 Å². The van der Waals surface area contributed by atoms with Crippen LogP contribution in [0.2, 0.25) is 0 Å². The third-order valence-corrected chi connectivity index (χ3v) is 5.43. The molecular weight excluding hydrogens is 440 g/mol. The van der Waals surface area contributed by atoms with E-state index in [9.17, 15) is 14.4 Å². The van der Waals surface area contributed by atoms with Crippen LogP contribution in [0.3, 0.4) is 0 Å². The third kappa shape index (κ3) is 5.78. The standard InChI is InChI=1S/C25H28N2O7/c1-16(2)32-19-8-5-17(6-9-19)24(30)26-14-23(29)31-15-22(28)27-18-7-10-20-21(13-18)34-25(33-20)11-3-4-12-25/h5-10,13,16H,3-4,11-12,14-15H2,1-2H3,(H,26,30)(H,27,28). The van der Waals surface area contributed by atoms with Crippen molar-refractivity contribution in [1.29, 1.82) is 0 Å². The highest BCUT2D eigenvalue weighted by Gasteiger charge is 2.44. The molecular formula is C25H28N2O7. The maximum absolute atomic E-state index is 12.2. The molecule has 0 radical (unpaired) electrons. The van der Waals surface area contributed by atoms with Gasteiger partial charge in [0.1, 0.15) is 12.3 Å². The monoisotopic (exact) mass is 468 g/mol. The Morgan fingerprint density at radius 1 is 1.00 bits per heavy atom. The zero-order chi connectivity index (χ0) is 24.1. The second-order valence-corrected chi connectivity index (χ2v) is 8.57. The highest BCUT2D eigenvalue weighted by Crippen LogP contribution is 2.47. The van der Waals surface area contributed by atoms with Gasteiger partial charge in [0, 0.05) is 30.2 Å². The smallest absolute Gasteiger partial charge is 0.325 e. The fourth-order valence-electron chi connectivity index (χ4n) is 3.90. The van der Waals surface area contributed by atoms with Crippen molar-refractivity contribution < 1.29 is 33.3 Å². The number of esters is 1. The normalized spacial score (nSPS) is 15.3. The molecule has 4 rings (SSSR count). The molecule has 1 heterocycles. The van der Waals surface area contributed by atoms with Crippen LogP contribution in [-0.2, 0) is 14.3 Å². The maximum Gasteiger partial charge on any atom is 0.325 e. The Labute approximate surface area is 197 Å². The summed E-state index contributed by atoms with van der Waals surface area (Å²) in [6.45, 7) is 2.98. The largest absolute Gasteiger partial charge is 0.491 e. The molecule has 1 saturated carbocycles. The Balaban J connectivity index is 1.19. The van der Waals surface area contributed by atoms with Gasteiger partial charge in [-0.05, 0) is 63.1 Å². The van der Waals surface area contributed by atoms with Crippen LogP contribution in [-0.4, -0.2) is 42.8 Å². The Bertz CT molecular complexity index is 1060. The fraction of sp³-hybridized carbons (Fsp3) is 0.400. The molecule has 9 heteroatoms. The van der Waals surface area contributed by atoms with Gasteiger partial charge in [0.05, 0.1) is 6.10 Å². The van der Waals surface area contributed by atoms with E-state index < -0.39 is 30.2 Å². The summed E-state index contributed by atoms with van der Waals surface area (Å²) in [7, 11) is 0. The van der Waals surface area contributed by atoms with E-state index in [1.165, 1.54) is 0 Å². The summed E-state index contributed by atoms with van der Waals surface area (Å²) < 4.78 is 22.4. The van der Waals surface area contributed by atoms with Crippen LogP contribution in [0.15, 0.2) is 42.5 Å². The van der Waals surface area contributed by atoms with Crippen LogP contribution in [0.25, 0.3) is 0 Å². The van der Waals surface area contributed by atoms with Crippen molar-refractivity contribution in [1.82, 2.24) is 5.32 Å². The average Bonchev–Trinajstić information content (AvgIpc) is 3.41. The number of hydrogen-bond acceptors (Lipinski definition) is 7. The molecule has 0 unspecified atom stereocenters. The highest BCUT2D eigenvalue weighted by atomic mass is 16.7. The van der Waals surface area contributed by atoms with Gasteiger partial charge in [-0.1, -0.05) is 0 Å². The van der Waals surface area contributed by atoms with Gasteiger partial charge in [0.15, 0.2) is 18.1 Å². The average molecular weight is 469 g/mol. The van der Waals surface area contributed by atoms with Gasteiger partial charge in [-0.2, -0.15) is 0 Å². The quantitative estimate of drug-likeness (QED) is 0.571. The van der Waals surface area contributed by atoms with E-state index in [-0.39, 0.29) is 12.6 Å².